The van der Waals surface area contributed by atoms with Gasteiger partial charge in [0.1, 0.15) is 13.2 Å². The zero-order valence-corrected chi connectivity index (χ0v) is 12.5. The van der Waals surface area contributed by atoms with Crippen molar-refractivity contribution < 1.29 is 24.3 Å². The molecule has 0 radical (unpaired) electrons. The van der Waals surface area contributed by atoms with E-state index in [9.17, 15) is 9.90 Å². The summed E-state index contributed by atoms with van der Waals surface area (Å²) in [5.41, 5.74) is 0.104. The van der Waals surface area contributed by atoms with Gasteiger partial charge < -0.3 is 24.3 Å². The van der Waals surface area contributed by atoms with Crippen molar-refractivity contribution in [2.24, 2.45) is 0 Å². The van der Waals surface area contributed by atoms with Gasteiger partial charge in [-0.25, -0.2) is 0 Å². The second kappa shape index (κ2) is 7.88. The van der Waals surface area contributed by atoms with Crippen molar-refractivity contribution in [3.05, 3.63) is 23.8 Å². The monoisotopic (exact) mass is 293 g/mol. The summed E-state index contributed by atoms with van der Waals surface area (Å²) < 4.78 is 11.2. The van der Waals surface area contributed by atoms with E-state index in [4.69, 9.17) is 9.47 Å². The van der Waals surface area contributed by atoms with Crippen LogP contribution in [0.3, 0.4) is 0 Å². The highest BCUT2D eigenvalue weighted by molar-refractivity contribution is 5.86. The molecule has 1 aliphatic heterocycles. The number of benzene rings is 1. The molecule has 0 saturated carbocycles. The number of rotatable bonds is 7. The number of carbonyl (C=O) groups excluding carboxylic acids is 1. The smallest absolute Gasteiger partial charge is 0.161 e. The number of hydrogen-bond donors (Lipinski definition) is 1. The summed E-state index contributed by atoms with van der Waals surface area (Å²) >= 11 is 0. The molecular weight excluding hydrogens is 270 g/mol. The minimum Gasteiger partial charge on any atom is -0.545 e. The third kappa shape index (κ3) is 4.63. The number of carboxylic acids is 1. The van der Waals surface area contributed by atoms with Crippen LogP contribution in [0.1, 0.15) is 36.5 Å². The second-order valence-electron chi connectivity index (χ2n) is 5.29. The lowest BCUT2D eigenvalue weighted by Crippen LogP contribution is -3.13. The van der Waals surface area contributed by atoms with Crippen molar-refractivity contribution in [3.8, 4) is 11.5 Å². The maximum Gasteiger partial charge on any atom is 0.161 e. The van der Waals surface area contributed by atoms with Crippen molar-refractivity contribution in [3.63, 3.8) is 0 Å². The number of aromatic carboxylic acids is 1. The molecule has 0 aliphatic carbocycles. The molecular formula is C16H23NO4. The summed E-state index contributed by atoms with van der Waals surface area (Å²) in [6.45, 7) is 6.32. The molecule has 0 bridgehead atoms. The van der Waals surface area contributed by atoms with E-state index in [1.165, 1.54) is 44.5 Å². The zero-order valence-electron chi connectivity index (χ0n) is 12.5. The van der Waals surface area contributed by atoms with Crippen LogP contribution >= 0.6 is 0 Å². The molecule has 116 valence electrons. The summed E-state index contributed by atoms with van der Waals surface area (Å²) in [5, 5.41) is 10.9. The van der Waals surface area contributed by atoms with E-state index in [2.05, 4.69) is 0 Å². The number of quaternary nitrogens is 1. The molecule has 2 rings (SSSR count). The van der Waals surface area contributed by atoms with E-state index in [0.29, 0.717) is 24.7 Å². The predicted octanol–water partition coefficient (Wildman–Crippen LogP) is -0.104. The van der Waals surface area contributed by atoms with Gasteiger partial charge in [0, 0.05) is 5.56 Å². The molecule has 1 aromatic carbocycles. The second-order valence-corrected chi connectivity index (χ2v) is 5.29. The van der Waals surface area contributed by atoms with Gasteiger partial charge in [0.05, 0.1) is 25.7 Å². The largest absolute Gasteiger partial charge is 0.545 e. The minimum atomic E-state index is -1.21. The molecule has 1 saturated heterocycles. The molecule has 0 aromatic heterocycles. The summed E-state index contributed by atoms with van der Waals surface area (Å²) in [5.74, 6) is -0.147. The topological polar surface area (TPSA) is 63.0 Å². The van der Waals surface area contributed by atoms with Crippen LogP contribution in [-0.2, 0) is 0 Å². The van der Waals surface area contributed by atoms with Crippen molar-refractivity contribution >= 4 is 5.97 Å². The summed E-state index contributed by atoms with van der Waals surface area (Å²) in [6.07, 6.45) is 3.92. The van der Waals surface area contributed by atoms with Gasteiger partial charge in [0.25, 0.3) is 0 Å². The van der Waals surface area contributed by atoms with Crippen molar-refractivity contribution in [1.82, 2.24) is 0 Å². The Morgan fingerprint density at radius 1 is 1.19 bits per heavy atom. The Morgan fingerprint density at radius 3 is 2.62 bits per heavy atom. The summed E-state index contributed by atoms with van der Waals surface area (Å²) in [4.78, 5) is 12.5. The lowest BCUT2D eigenvalue weighted by Gasteiger charge is -2.23. The average molecular weight is 293 g/mol. The molecule has 1 fully saturated rings. The Kier molecular flexibility index (Phi) is 5.87. The van der Waals surface area contributed by atoms with E-state index in [0.717, 1.165) is 6.54 Å². The van der Waals surface area contributed by atoms with Gasteiger partial charge in [-0.05, 0) is 44.4 Å². The number of ether oxygens (including phenoxy) is 2. The molecule has 0 unspecified atom stereocenters. The first-order valence-corrected chi connectivity index (χ1v) is 7.65. The minimum absolute atomic E-state index is 0.104. The van der Waals surface area contributed by atoms with Crippen LogP contribution in [0.5, 0.6) is 11.5 Å². The summed E-state index contributed by atoms with van der Waals surface area (Å²) in [6, 6.07) is 4.59. The fourth-order valence-electron chi connectivity index (χ4n) is 2.63. The fourth-order valence-corrected chi connectivity index (χ4v) is 2.63. The standard InChI is InChI=1S/C16H23NO4/c1-2-20-15-12-13(16(18)19)6-7-14(15)21-11-10-17-8-4-3-5-9-17/h6-7,12H,2-5,8-11H2,1H3,(H,18,19). The van der Waals surface area contributed by atoms with Crippen LogP contribution in [0.2, 0.25) is 0 Å². The third-order valence-corrected chi connectivity index (χ3v) is 3.75. The Bertz CT molecular complexity index is 469. The van der Waals surface area contributed by atoms with Gasteiger partial charge >= 0.3 is 0 Å². The maximum atomic E-state index is 10.9. The number of piperidine rings is 1. The number of carbonyl (C=O) groups is 1. The van der Waals surface area contributed by atoms with Crippen LogP contribution in [-0.4, -0.2) is 38.8 Å². The van der Waals surface area contributed by atoms with Crippen molar-refractivity contribution in [2.45, 2.75) is 26.2 Å². The maximum absolute atomic E-state index is 10.9. The normalized spacial score (nSPS) is 15.7. The van der Waals surface area contributed by atoms with Gasteiger partial charge in [-0.15, -0.1) is 0 Å². The van der Waals surface area contributed by atoms with Gasteiger partial charge in [-0.3, -0.25) is 0 Å². The van der Waals surface area contributed by atoms with Crippen LogP contribution in [0, 0.1) is 0 Å². The molecule has 1 aromatic rings. The Hall–Kier alpha value is -1.75. The lowest BCUT2D eigenvalue weighted by molar-refractivity contribution is -0.904. The average Bonchev–Trinajstić information content (AvgIpc) is 2.50. The van der Waals surface area contributed by atoms with Crippen LogP contribution in [0.15, 0.2) is 18.2 Å². The molecule has 21 heavy (non-hydrogen) atoms. The highest BCUT2D eigenvalue weighted by Gasteiger charge is 2.14. The molecule has 0 amide bonds. The summed E-state index contributed by atoms with van der Waals surface area (Å²) in [7, 11) is 0. The van der Waals surface area contributed by atoms with Gasteiger partial charge in [-0.1, -0.05) is 0 Å². The van der Waals surface area contributed by atoms with E-state index >= 15 is 0 Å². The molecule has 1 aliphatic rings. The van der Waals surface area contributed by atoms with Crippen LogP contribution < -0.4 is 19.5 Å². The zero-order chi connectivity index (χ0) is 15.1. The van der Waals surface area contributed by atoms with E-state index < -0.39 is 5.97 Å². The quantitative estimate of drug-likeness (QED) is 0.762. The molecule has 1 heterocycles. The van der Waals surface area contributed by atoms with Crippen molar-refractivity contribution in [1.29, 1.82) is 0 Å². The first-order valence-electron chi connectivity index (χ1n) is 7.65. The molecule has 0 atom stereocenters. The number of nitrogens with one attached hydrogen (secondary N) is 1. The first kappa shape index (κ1) is 15.6. The van der Waals surface area contributed by atoms with Gasteiger partial charge in [0.2, 0.25) is 0 Å². The van der Waals surface area contributed by atoms with Gasteiger partial charge in [-0.2, -0.15) is 0 Å². The van der Waals surface area contributed by atoms with E-state index in [1.807, 2.05) is 6.92 Å². The number of carboxylic acid groups (broad SMARTS) is 1. The fraction of sp³-hybridized carbons (Fsp3) is 0.562. The molecule has 0 spiro atoms. The molecule has 5 heteroatoms. The Labute approximate surface area is 125 Å². The lowest BCUT2D eigenvalue weighted by atomic mass is 10.1. The Morgan fingerprint density at radius 2 is 1.95 bits per heavy atom. The number of likely N-dealkylation sites (tertiary alicyclic amines) is 1. The molecule has 1 N–H and O–H groups in total. The highest BCUT2D eigenvalue weighted by Crippen LogP contribution is 2.28. The van der Waals surface area contributed by atoms with Crippen molar-refractivity contribution in [2.75, 3.05) is 32.8 Å². The SMILES string of the molecule is CCOc1cc(C(=O)[O-])ccc1OCC[NH+]1CCCCC1. The Balaban J connectivity index is 1.93. The van der Waals surface area contributed by atoms with Crippen LogP contribution in [0.4, 0.5) is 0 Å². The first-order chi connectivity index (χ1) is 10.2. The molecule has 5 nitrogen and oxygen atoms in total. The van der Waals surface area contributed by atoms with Crippen LogP contribution in [0.25, 0.3) is 0 Å². The van der Waals surface area contributed by atoms with Gasteiger partial charge in [0.15, 0.2) is 11.5 Å². The van der Waals surface area contributed by atoms with E-state index in [-0.39, 0.29) is 5.56 Å². The predicted molar refractivity (Wildman–Crippen MR) is 76.9 cm³/mol. The highest BCUT2D eigenvalue weighted by atomic mass is 16.5. The number of hydrogen-bond acceptors (Lipinski definition) is 4. The van der Waals surface area contributed by atoms with E-state index in [1.54, 1.807) is 11.0 Å². The third-order valence-electron chi connectivity index (χ3n) is 3.75.